The summed E-state index contributed by atoms with van der Waals surface area (Å²) in [6.07, 6.45) is 3.76. The van der Waals surface area contributed by atoms with E-state index in [0.717, 1.165) is 16.7 Å². The van der Waals surface area contributed by atoms with E-state index in [2.05, 4.69) is 10.3 Å². The summed E-state index contributed by atoms with van der Waals surface area (Å²) in [7, 11) is 0. The second kappa shape index (κ2) is 6.83. The van der Waals surface area contributed by atoms with E-state index in [1.54, 1.807) is 18.3 Å². The second-order valence-electron chi connectivity index (χ2n) is 10.2. The van der Waals surface area contributed by atoms with E-state index in [-0.39, 0.29) is 24.7 Å². The minimum absolute atomic E-state index is 0.0156. The topological polar surface area (TPSA) is 88.5 Å². The van der Waals surface area contributed by atoms with Gasteiger partial charge < -0.3 is 15.2 Å². The molecule has 1 aliphatic heterocycles. The van der Waals surface area contributed by atoms with E-state index in [4.69, 9.17) is 4.74 Å². The van der Waals surface area contributed by atoms with Crippen molar-refractivity contribution in [3.8, 4) is 0 Å². The molecule has 6 heteroatoms. The Hall–Kier alpha value is -2.83. The smallest absolute Gasteiger partial charge is 0.253 e. The summed E-state index contributed by atoms with van der Waals surface area (Å²) in [6, 6.07) is 13.1. The zero-order valence-electron chi connectivity index (χ0n) is 18.6. The molecule has 1 amide bonds. The minimum Gasteiger partial charge on any atom is -0.384 e. The summed E-state index contributed by atoms with van der Waals surface area (Å²) < 4.78 is 5.87. The number of benzene rings is 1. The highest BCUT2D eigenvalue weighted by Crippen LogP contribution is 2.65. The van der Waals surface area contributed by atoms with Crippen LogP contribution in [0.5, 0.6) is 0 Å². The van der Waals surface area contributed by atoms with Crippen molar-refractivity contribution in [2.75, 3.05) is 13.2 Å². The molecule has 1 aromatic carbocycles. The Kier molecular flexibility index (Phi) is 4.49. The molecule has 5 rings (SSSR count). The first kappa shape index (κ1) is 21.0. The van der Waals surface area contributed by atoms with Gasteiger partial charge >= 0.3 is 0 Å². The monoisotopic (exact) mass is 432 g/mol. The third kappa shape index (κ3) is 2.69. The number of ketones is 1. The molecular weight excluding hydrogens is 404 g/mol. The summed E-state index contributed by atoms with van der Waals surface area (Å²) in [6.45, 7) is 6.18. The van der Waals surface area contributed by atoms with Crippen molar-refractivity contribution in [1.29, 1.82) is 0 Å². The van der Waals surface area contributed by atoms with Gasteiger partial charge in [-0.2, -0.15) is 0 Å². The van der Waals surface area contributed by atoms with Gasteiger partial charge in [-0.15, -0.1) is 0 Å². The number of ether oxygens (including phenoxy) is 1. The van der Waals surface area contributed by atoms with Crippen molar-refractivity contribution in [2.45, 2.75) is 44.8 Å². The van der Waals surface area contributed by atoms with E-state index >= 15 is 0 Å². The van der Waals surface area contributed by atoms with Crippen molar-refractivity contribution in [3.63, 3.8) is 0 Å². The first-order valence-electron chi connectivity index (χ1n) is 11.0. The van der Waals surface area contributed by atoms with Crippen LogP contribution in [0, 0.1) is 10.8 Å². The normalized spacial score (nSPS) is 33.1. The number of rotatable bonds is 3. The molecule has 2 aromatic rings. The van der Waals surface area contributed by atoms with Gasteiger partial charge in [0.1, 0.15) is 11.4 Å². The highest BCUT2D eigenvalue weighted by Gasteiger charge is 2.71. The maximum absolute atomic E-state index is 13.7. The lowest BCUT2D eigenvalue weighted by Crippen LogP contribution is -2.61. The Morgan fingerprint density at radius 2 is 1.75 bits per heavy atom. The number of aliphatic hydroxyl groups is 1. The lowest BCUT2D eigenvalue weighted by atomic mass is 9.56. The molecule has 0 spiro atoms. The molecule has 3 aliphatic rings. The van der Waals surface area contributed by atoms with Crippen LogP contribution in [0.15, 0.2) is 66.0 Å². The summed E-state index contributed by atoms with van der Waals surface area (Å²) in [5.41, 5.74) is -1.12. The van der Waals surface area contributed by atoms with E-state index in [1.807, 2.05) is 51.1 Å². The SMILES string of the molecule is CC1(C)C[C@@]2(O)C3=C(COC3)[C@@](NC(=O)c3cccnc3)(c3ccccc3)C[C@]2(C)C1=O. The Morgan fingerprint density at radius 3 is 2.44 bits per heavy atom. The van der Waals surface area contributed by atoms with Gasteiger partial charge in [-0.25, -0.2) is 0 Å². The van der Waals surface area contributed by atoms with Gasteiger partial charge in [0.15, 0.2) is 0 Å². The van der Waals surface area contributed by atoms with Gasteiger partial charge in [-0.3, -0.25) is 14.6 Å². The van der Waals surface area contributed by atoms with Crippen molar-refractivity contribution in [2.24, 2.45) is 10.8 Å². The second-order valence-corrected chi connectivity index (χ2v) is 10.2. The number of aromatic nitrogens is 1. The van der Waals surface area contributed by atoms with Crippen LogP contribution < -0.4 is 5.32 Å². The third-order valence-electron chi connectivity index (χ3n) is 7.73. The number of amides is 1. The maximum Gasteiger partial charge on any atom is 0.253 e. The van der Waals surface area contributed by atoms with E-state index in [1.165, 1.54) is 6.20 Å². The van der Waals surface area contributed by atoms with Gasteiger partial charge in [0.05, 0.1) is 29.7 Å². The number of nitrogens with one attached hydrogen (secondary N) is 1. The van der Waals surface area contributed by atoms with Crippen molar-refractivity contribution >= 4 is 11.7 Å². The molecular formula is C26H28N2O4. The predicted octanol–water partition coefficient (Wildman–Crippen LogP) is 3.17. The molecule has 1 aromatic heterocycles. The van der Waals surface area contributed by atoms with Gasteiger partial charge in [0.25, 0.3) is 5.91 Å². The molecule has 2 heterocycles. The van der Waals surface area contributed by atoms with Crippen molar-refractivity contribution in [3.05, 3.63) is 77.1 Å². The summed E-state index contributed by atoms with van der Waals surface area (Å²) in [4.78, 5) is 31.2. The predicted molar refractivity (Wildman–Crippen MR) is 119 cm³/mol. The largest absolute Gasteiger partial charge is 0.384 e. The third-order valence-corrected chi connectivity index (χ3v) is 7.73. The fraction of sp³-hybridized carbons (Fsp3) is 0.423. The number of Topliss-reactive ketones (excluding diaryl/α,β-unsaturated/α-hetero) is 1. The molecule has 32 heavy (non-hydrogen) atoms. The number of fused-ring (bicyclic) bond motifs is 2. The van der Waals surface area contributed by atoms with Crippen LogP contribution in [-0.2, 0) is 15.1 Å². The van der Waals surface area contributed by atoms with Crippen LogP contribution >= 0.6 is 0 Å². The van der Waals surface area contributed by atoms with Crippen LogP contribution in [0.3, 0.4) is 0 Å². The first-order valence-corrected chi connectivity index (χ1v) is 11.0. The average Bonchev–Trinajstić information content (AvgIpc) is 3.34. The molecule has 2 N–H and O–H groups in total. The number of hydrogen-bond donors (Lipinski definition) is 2. The lowest BCUT2D eigenvalue weighted by Gasteiger charge is -2.52. The molecule has 3 atom stereocenters. The van der Waals surface area contributed by atoms with E-state index in [9.17, 15) is 14.7 Å². The Bertz CT molecular complexity index is 1130. The zero-order chi connectivity index (χ0) is 22.8. The molecule has 0 unspecified atom stereocenters. The van der Waals surface area contributed by atoms with E-state index in [0.29, 0.717) is 18.6 Å². The molecule has 0 bridgehead atoms. The van der Waals surface area contributed by atoms with Gasteiger partial charge in [-0.1, -0.05) is 44.2 Å². The molecule has 1 fully saturated rings. The number of pyridine rings is 1. The van der Waals surface area contributed by atoms with Crippen molar-refractivity contribution < 1.29 is 19.4 Å². The summed E-state index contributed by atoms with van der Waals surface area (Å²) >= 11 is 0. The van der Waals surface area contributed by atoms with Crippen LogP contribution in [-0.4, -0.2) is 40.6 Å². The van der Waals surface area contributed by atoms with Gasteiger partial charge in [0.2, 0.25) is 0 Å². The highest BCUT2D eigenvalue weighted by molar-refractivity contribution is 5.97. The minimum atomic E-state index is -1.29. The summed E-state index contributed by atoms with van der Waals surface area (Å²) in [5, 5.41) is 15.3. The number of carbonyl (C=O) groups is 2. The Morgan fingerprint density at radius 1 is 1.03 bits per heavy atom. The zero-order valence-corrected chi connectivity index (χ0v) is 18.6. The van der Waals surface area contributed by atoms with Crippen LogP contribution in [0.4, 0.5) is 0 Å². The van der Waals surface area contributed by atoms with Crippen LogP contribution in [0.1, 0.15) is 49.5 Å². The molecule has 6 nitrogen and oxygen atoms in total. The average molecular weight is 433 g/mol. The van der Waals surface area contributed by atoms with Gasteiger partial charge in [0, 0.05) is 17.8 Å². The quantitative estimate of drug-likeness (QED) is 0.728. The van der Waals surface area contributed by atoms with Crippen LogP contribution in [0.2, 0.25) is 0 Å². The van der Waals surface area contributed by atoms with Crippen molar-refractivity contribution in [1.82, 2.24) is 10.3 Å². The number of hydrogen-bond acceptors (Lipinski definition) is 5. The highest BCUT2D eigenvalue weighted by atomic mass is 16.5. The fourth-order valence-electron chi connectivity index (χ4n) is 6.29. The summed E-state index contributed by atoms with van der Waals surface area (Å²) in [5.74, 6) is -0.263. The van der Waals surface area contributed by atoms with E-state index < -0.39 is 22.0 Å². The molecule has 166 valence electrons. The Labute approximate surface area is 187 Å². The van der Waals surface area contributed by atoms with Crippen LogP contribution in [0.25, 0.3) is 0 Å². The molecule has 2 aliphatic carbocycles. The first-order chi connectivity index (χ1) is 15.1. The molecule has 0 saturated heterocycles. The lowest BCUT2D eigenvalue weighted by molar-refractivity contribution is -0.139. The Balaban J connectivity index is 1.74. The molecule has 0 radical (unpaired) electrons. The van der Waals surface area contributed by atoms with Gasteiger partial charge in [-0.05, 0) is 48.6 Å². The number of nitrogens with zero attached hydrogens (tertiary/aromatic N) is 1. The fourth-order valence-corrected chi connectivity index (χ4v) is 6.29. The standard InChI is InChI=1S/C26H28N2O4/c1-23(2)15-26(31)20-14-32-13-19(20)25(16-24(26,3)22(23)30,18-9-5-4-6-10-18)28-21(29)17-8-7-11-27-12-17/h4-12,31H,13-16H2,1-3H3,(H,28,29)/t24-,25+,26-/m1/s1. The maximum atomic E-state index is 13.7. The molecule has 1 saturated carbocycles. The number of carbonyl (C=O) groups excluding carboxylic acids is 2.